The Bertz CT molecular complexity index is 1630. The molecule has 1 radical (unpaired) electrons. The van der Waals surface area contributed by atoms with Gasteiger partial charge in [0.2, 0.25) is 6.41 Å². The minimum atomic E-state index is -4.56. The molecule has 0 unspecified atom stereocenters. The summed E-state index contributed by atoms with van der Waals surface area (Å²) in [7, 11) is 3.52. The van der Waals surface area contributed by atoms with Crippen molar-refractivity contribution < 1.29 is 31.9 Å². The number of ether oxygens (including phenoxy) is 1. The van der Waals surface area contributed by atoms with Crippen molar-refractivity contribution in [2.45, 2.75) is 52.0 Å². The number of amides is 2. The molecule has 1 aliphatic rings. The van der Waals surface area contributed by atoms with Gasteiger partial charge in [-0.15, -0.1) is 0 Å². The molecule has 5 rings (SSSR count). The number of fused-ring (bicyclic) bond motifs is 2. The van der Waals surface area contributed by atoms with Crippen molar-refractivity contribution in [1.29, 1.82) is 0 Å². The molecule has 0 atom stereocenters. The molecule has 44 heavy (non-hydrogen) atoms. The van der Waals surface area contributed by atoms with Crippen molar-refractivity contribution in [3.05, 3.63) is 82.9 Å². The molecule has 0 saturated carbocycles. The fourth-order valence-corrected chi connectivity index (χ4v) is 4.86. The van der Waals surface area contributed by atoms with Gasteiger partial charge in [-0.3, -0.25) is 19.6 Å². The van der Waals surface area contributed by atoms with Crippen LogP contribution in [-0.4, -0.2) is 43.2 Å². The SMILES string of the molecule is CC.COc1cc(C(=O)NCCc2cc3c(c(-c4ccc(F)cc4)n2)[B]CC3(C)C)cc2cc(C(F)(F)F)cnc12.NC=O. The average Bonchev–Trinajstić information content (AvgIpc) is 3.31. The zero-order chi connectivity index (χ0) is 32.7. The molecule has 12 heteroatoms. The van der Waals surface area contributed by atoms with Gasteiger partial charge in [0.1, 0.15) is 17.1 Å². The monoisotopic (exact) mass is 609 g/mol. The average molecular weight is 609 g/mol. The van der Waals surface area contributed by atoms with Gasteiger partial charge in [0, 0.05) is 35.8 Å². The minimum Gasteiger partial charge on any atom is -0.494 e. The highest BCUT2D eigenvalue weighted by atomic mass is 19.4. The predicted octanol–water partition coefficient (Wildman–Crippen LogP) is 5.60. The molecule has 2 amide bonds. The maximum absolute atomic E-state index is 13.5. The first-order valence-corrected chi connectivity index (χ1v) is 14.0. The second kappa shape index (κ2) is 14.3. The maximum Gasteiger partial charge on any atom is 0.417 e. The highest BCUT2D eigenvalue weighted by Gasteiger charge is 2.33. The van der Waals surface area contributed by atoms with E-state index in [1.165, 1.54) is 31.4 Å². The van der Waals surface area contributed by atoms with Crippen LogP contribution in [0.2, 0.25) is 6.32 Å². The lowest BCUT2D eigenvalue weighted by molar-refractivity contribution is -0.137. The Morgan fingerprint density at radius 1 is 1.14 bits per heavy atom. The largest absolute Gasteiger partial charge is 0.494 e. The Morgan fingerprint density at radius 2 is 1.80 bits per heavy atom. The van der Waals surface area contributed by atoms with Crippen molar-refractivity contribution in [2.75, 3.05) is 13.7 Å². The maximum atomic E-state index is 13.5. The van der Waals surface area contributed by atoms with Gasteiger partial charge in [0.15, 0.2) is 7.28 Å². The number of aromatic nitrogens is 2. The summed E-state index contributed by atoms with van der Waals surface area (Å²) in [5.74, 6) is -0.579. The molecule has 7 nitrogen and oxygen atoms in total. The molecule has 4 aromatic rings. The number of halogens is 4. The zero-order valence-corrected chi connectivity index (χ0v) is 25.2. The van der Waals surface area contributed by atoms with Crippen LogP contribution in [0.1, 0.15) is 54.9 Å². The highest BCUT2D eigenvalue weighted by molar-refractivity contribution is 6.58. The quantitative estimate of drug-likeness (QED) is 0.168. The number of nitrogens with one attached hydrogen (secondary N) is 1. The van der Waals surface area contributed by atoms with Gasteiger partial charge in [0.25, 0.3) is 5.91 Å². The number of hydrogen-bond donors (Lipinski definition) is 2. The van der Waals surface area contributed by atoms with Crippen molar-refractivity contribution in [3.8, 4) is 17.0 Å². The number of benzene rings is 2. The van der Waals surface area contributed by atoms with Gasteiger partial charge < -0.3 is 15.8 Å². The van der Waals surface area contributed by atoms with Crippen molar-refractivity contribution in [2.24, 2.45) is 5.73 Å². The van der Waals surface area contributed by atoms with E-state index in [2.05, 4.69) is 37.2 Å². The van der Waals surface area contributed by atoms with E-state index in [-0.39, 0.29) is 46.4 Å². The van der Waals surface area contributed by atoms with E-state index in [0.29, 0.717) is 6.42 Å². The van der Waals surface area contributed by atoms with Crippen LogP contribution in [0.4, 0.5) is 17.6 Å². The molecule has 0 bridgehead atoms. The number of methoxy groups -OCH3 is 1. The van der Waals surface area contributed by atoms with Gasteiger partial charge in [-0.1, -0.05) is 39.5 Å². The Balaban J connectivity index is 0.000000997. The summed E-state index contributed by atoms with van der Waals surface area (Å²) in [5, 5.41) is 2.98. The van der Waals surface area contributed by atoms with Gasteiger partial charge in [-0.2, -0.15) is 13.2 Å². The van der Waals surface area contributed by atoms with Gasteiger partial charge in [-0.05, 0) is 65.1 Å². The number of nitrogens with two attached hydrogens (primary N) is 1. The van der Waals surface area contributed by atoms with Crippen molar-refractivity contribution >= 4 is 36.0 Å². The third-order valence-corrected chi connectivity index (χ3v) is 7.00. The second-order valence-corrected chi connectivity index (χ2v) is 10.3. The Kier molecular flexibility index (Phi) is 11.1. The zero-order valence-electron chi connectivity index (χ0n) is 25.2. The second-order valence-electron chi connectivity index (χ2n) is 10.3. The van der Waals surface area contributed by atoms with Crippen LogP contribution in [0.15, 0.2) is 54.7 Å². The molecule has 3 N–H and O–H groups in total. The molecule has 2 aromatic carbocycles. The summed E-state index contributed by atoms with van der Waals surface area (Å²) in [6.45, 7) is 8.56. The molecule has 0 fully saturated rings. The lowest BCUT2D eigenvalue weighted by Crippen LogP contribution is -2.27. The molecule has 3 heterocycles. The van der Waals surface area contributed by atoms with Crippen LogP contribution in [0.3, 0.4) is 0 Å². The lowest BCUT2D eigenvalue weighted by Gasteiger charge is -2.21. The molecule has 1 aliphatic heterocycles. The highest BCUT2D eigenvalue weighted by Crippen LogP contribution is 2.35. The number of alkyl halides is 3. The minimum absolute atomic E-state index is 0.0873. The van der Waals surface area contributed by atoms with Crippen LogP contribution < -0.4 is 21.3 Å². The topological polar surface area (TPSA) is 107 Å². The fraction of sp³-hybridized carbons (Fsp3) is 0.312. The predicted molar refractivity (Wildman–Crippen MR) is 164 cm³/mol. The summed E-state index contributed by atoms with van der Waals surface area (Å²) < 4.78 is 58.4. The van der Waals surface area contributed by atoms with Crippen LogP contribution in [-0.2, 0) is 22.8 Å². The van der Waals surface area contributed by atoms with E-state index in [1.54, 1.807) is 12.1 Å². The molecule has 2 aromatic heterocycles. The van der Waals surface area contributed by atoms with Crippen LogP contribution in [0.5, 0.6) is 5.75 Å². The normalized spacial score (nSPS) is 12.9. The number of primary amides is 1. The number of rotatable bonds is 6. The molecular formula is C32H34BF4N4O3. The third-order valence-electron chi connectivity index (χ3n) is 7.00. The standard InChI is InChI=1S/C29H25BF4N3O2.C2H6.CH3NO/c1-28(2)15-30-24-22(28)13-21(37-26(24)16-4-6-20(31)7-5-16)8-9-35-27(38)18-10-17-11-19(29(32,33)34)14-36-25(17)23(12-18)39-3;1-2;2-1-3/h4-7,10-14H,8-9,15H2,1-3H3,(H,35,38);1-2H3;1H,(H2,2,3). The molecule has 231 valence electrons. The Morgan fingerprint density at radius 3 is 2.41 bits per heavy atom. The van der Waals surface area contributed by atoms with Gasteiger partial charge in [-0.25, -0.2) is 4.39 Å². The van der Waals surface area contributed by atoms with Crippen molar-refractivity contribution in [1.82, 2.24) is 15.3 Å². The van der Waals surface area contributed by atoms with Crippen LogP contribution >= 0.6 is 0 Å². The van der Waals surface area contributed by atoms with E-state index in [0.717, 1.165) is 46.6 Å². The van der Waals surface area contributed by atoms with E-state index >= 15 is 0 Å². The first kappa shape index (κ1) is 34.0. The van der Waals surface area contributed by atoms with E-state index in [1.807, 2.05) is 19.9 Å². The summed E-state index contributed by atoms with van der Waals surface area (Å²) in [4.78, 5) is 30.3. The Labute approximate surface area is 254 Å². The third kappa shape index (κ3) is 7.72. The molecular weight excluding hydrogens is 575 g/mol. The number of pyridine rings is 2. The number of carbonyl (C=O) groups excluding carboxylic acids is 2. The number of hydrogen-bond acceptors (Lipinski definition) is 5. The first-order valence-electron chi connectivity index (χ1n) is 14.0. The van der Waals surface area contributed by atoms with Crippen LogP contribution in [0, 0.1) is 5.82 Å². The van der Waals surface area contributed by atoms with Crippen molar-refractivity contribution in [3.63, 3.8) is 0 Å². The van der Waals surface area contributed by atoms with E-state index in [9.17, 15) is 22.4 Å². The van der Waals surface area contributed by atoms with Crippen LogP contribution in [0.25, 0.3) is 22.2 Å². The van der Waals surface area contributed by atoms with Gasteiger partial charge in [0.05, 0.1) is 18.4 Å². The fourth-order valence-electron chi connectivity index (χ4n) is 4.86. The summed E-state index contributed by atoms with van der Waals surface area (Å²) in [6.07, 6.45) is -2.29. The summed E-state index contributed by atoms with van der Waals surface area (Å²) in [5.41, 5.74) is 8.09. The van der Waals surface area contributed by atoms with Gasteiger partial charge >= 0.3 is 6.18 Å². The lowest BCUT2D eigenvalue weighted by atomic mass is 9.68. The number of nitrogens with zero attached hydrogens (tertiary/aromatic N) is 2. The molecule has 0 spiro atoms. The summed E-state index contributed by atoms with van der Waals surface area (Å²) >= 11 is 0. The first-order chi connectivity index (χ1) is 20.9. The number of carbonyl (C=O) groups is 2. The smallest absolute Gasteiger partial charge is 0.417 e. The molecule has 0 saturated heterocycles. The summed E-state index contributed by atoms with van der Waals surface area (Å²) in [6, 6.07) is 12.0. The van der Waals surface area contributed by atoms with E-state index < -0.39 is 17.6 Å². The Hall–Kier alpha value is -4.48. The van der Waals surface area contributed by atoms with E-state index in [4.69, 9.17) is 14.5 Å². The molecule has 0 aliphatic carbocycles.